The van der Waals surface area contributed by atoms with E-state index in [-0.39, 0.29) is 28.8 Å². The summed E-state index contributed by atoms with van der Waals surface area (Å²) in [6, 6.07) is 15.9. The molecule has 0 bridgehead atoms. The van der Waals surface area contributed by atoms with Crippen LogP contribution in [0.1, 0.15) is 53.2 Å². The van der Waals surface area contributed by atoms with Crippen LogP contribution in [0.5, 0.6) is 0 Å². The maximum atomic E-state index is 12.8. The second kappa shape index (κ2) is 6.65. The molecule has 2 aromatic rings. The van der Waals surface area contributed by atoms with Gasteiger partial charge in [0.2, 0.25) is 5.91 Å². The smallest absolute Gasteiger partial charge is 0.335 e. The SMILES string of the molecule is O=C1CC2(C1)CC(C(=O)NC(c1ccccc1)c1ccc(C(=O)O)cc1)C2. The molecule has 0 heterocycles. The van der Waals surface area contributed by atoms with Crippen LogP contribution < -0.4 is 5.32 Å². The van der Waals surface area contributed by atoms with Crippen molar-refractivity contribution in [3.05, 3.63) is 71.3 Å². The molecular formula is C22H21NO4. The van der Waals surface area contributed by atoms with Crippen molar-refractivity contribution in [3.63, 3.8) is 0 Å². The minimum Gasteiger partial charge on any atom is -0.478 e. The molecule has 0 saturated heterocycles. The van der Waals surface area contributed by atoms with Crippen LogP contribution in [0.15, 0.2) is 54.6 Å². The maximum Gasteiger partial charge on any atom is 0.335 e. The standard InChI is InChI=1S/C22H21NO4/c24-18-12-22(13-18)10-17(11-22)20(25)23-19(14-4-2-1-3-5-14)15-6-8-16(9-7-15)21(26)27/h1-9,17,19H,10-13H2,(H,23,25)(H,26,27). The topological polar surface area (TPSA) is 83.5 Å². The molecule has 1 amide bonds. The molecular weight excluding hydrogens is 342 g/mol. The van der Waals surface area contributed by atoms with Crippen LogP contribution >= 0.6 is 0 Å². The molecule has 27 heavy (non-hydrogen) atoms. The number of nitrogens with one attached hydrogen (secondary N) is 1. The van der Waals surface area contributed by atoms with Crippen molar-refractivity contribution < 1.29 is 19.5 Å². The van der Waals surface area contributed by atoms with Gasteiger partial charge in [-0.15, -0.1) is 0 Å². The Hall–Kier alpha value is -2.95. The zero-order valence-corrected chi connectivity index (χ0v) is 14.9. The van der Waals surface area contributed by atoms with Crippen LogP contribution in [0.2, 0.25) is 0 Å². The van der Waals surface area contributed by atoms with Crippen molar-refractivity contribution in [1.29, 1.82) is 0 Å². The first-order valence-corrected chi connectivity index (χ1v) is 9.16. The van der Waals surface area contributed by atoms with E-state index >= 15 is 0 Å². The molecule has 5 nitrogen and oxygen atoms in total. The predicted molar refractivity (Wildman–Crippen MR) is 99.2 cm³/mol. The number of carbonyl (C=O) groups excluding carboxylic acids is 2. The molecule has 4 rings (SSSR count). The van der Waals surface area contributed by atoms with Crippen LogP contribution in [-0.4, -0.2) is 22.8 Å². The minimum absolute atomic E-state index is 0.00358. The second-order valence-corrected chi connectivity index (χ2v) is 7.78. The Balaban J connectivity index is 1.51. The zero-order valence-electron chi connectivity index (χ0n) is 14.9. The van der Waals surface area contributed by atoms with E-state index in [1.54, 1.807) is 24.3 Å². The molecule has 2 aliphatic rings. The monoisotopic (exact) mass is 363 g/mol. The number of hydrogen-bond acceptors (Lipinski definition) is 3. The molecule has 5 heteroatoms. The Kier molecular flexibility index (Phi) is 4.30. The van der Waals surface area contributed by atoms with Gasteiger partial charge in [-0.2, -0.15) is 0 Å². The Morgan fingerprint density at radius 2 is 1.56 bits per heavy atom. The quantitative estimate of drug-likeness (QED) is 0.853. The third kappa shape index (κ3) is 3.37. The first-order chi connectivity index (χ1) is 13.0. The number of Topliss-reactive ketones (excluding diaryl/α,β-unsaturated/α-hetero) is 1. The highest BCUT2D eigenvalue weighted by Gasteiger charge is 2.54. The molecule has 2 saturated carbocycles. The summed E-state index contributed by atoms with van der Waals surface area (Å²) in [5.74, 6) is -0.732. The summed E-state index contributed by atoms with van der Waals surface area (Å²) in [5, 5.41) is 12.2. The highest BCUT2D eigenvalue weighted by molar-refractivity contribution is 5.89. The Bertz CT molecular complexity index is 872. The van der Waals surface area contributed by atoms with Gasteiger partial charge in [0.15, 0.2) is 0 Å². The fourth-order valence-electron chi connectivity index (χ4n) is 4.33. The molecule has 1 unspecified atom stereocenters. The average molecular weight is 363 g/mol. The third-order valence-corrected chi connectivity index (χ3v) is 5.78. The summed E-state index contributed by atoms with van der Waals surface area (Å²) in [5.41, 5.74) is 2.09. The summed E-state index contributed by atoms with van der Waals surface area (Å²) in [6.45, 7) is 0. The van der Waals surface area contributed by atoms with E-state index in [2.05, 4.69) is 5.32 Å². The normalized spacial score (nSPS) is 19.0. The van der Waals surface area contributed by atoms with Crippen molar-refractivity contribution in [2.45, 2.75) is 31.7 Å². The molecule has 0 aliphatic heterocycles. The van der Waals surface area contributed by atoms with E-state index in [0.717, 1.165) is 24.0 Å². The first-order valence-electron chi connectivity index (χ1n) is 9.16. The number of rotatable bonds is 5. The maximum absolute atomic E-state index is 12.8. The molecule has 138 valence electrons. The van der Waals surface area contributed by atoms with Crippen LogP contribution in [0.25, 0.3) is 0 Å². The molecule has 0 radical (unpaired) electrons. The Morgan fingerprint density at radius 1 is 0.963 bits per heavy atom. The number of benzene rings is 2. The van der Waals surface area contributed by atoms with E-state index in [0.29, 0.717) is 18.6 Å². The van der Waals surface area contributed by atoms with Gasteiger partial charge in [0, 0.05) is 18.8 Å². The number of carbonyl (C=O) groups is 3. The lowest BCUT2D eigenvalue weighted by atomic mass is 9.51. The van der Waals surface area contributed by atoms with Gasteiger partial charge in [-0.05, 0) is 41.5 Å². The van der Waals surface area contributed by atoms with Gasteiger partial charge in [-0.25, -0.2) is 4.79 Å². The summed E-state index contributed by atoms with van der Waals surface area (Å²) < 4.78 is 0. The van der Waals surface area contributed by atoms with Crippen molar-refractivity contribution in [2.75, 3.05) is 0 Å². The van der Waals surface area contributed by atoms with Gasteiger partial charge in [0.05, 0.1) is 11.6 Å². The Morgan fingerprint density at radius 3 is 2.11 bits per heavy atom. The van der Waals surface area contributed by atoms with Crippen molar-refractivity contribution in [3.8, 4) is 0 Å². The van der Waals surface area contributed by atoms with Crippen LogP contribution in [0.3, 0.4) is 0 Å². The third-order valence-electron chi connectivity index (χ3n) is 5.78. The largest absolute Gasteiger partial charge is 0.478 e. The van der Waals surface area contributed by atoms with Gasteiger partial charge in [-0.1, -0.05) is 42.5 Å². The van der Waals surface area contributed by atoms with Crippen molar-refractivity contribution >= 4 is 17.7 Å². The fraction of sp³-hybridized carbons (Fsp3) is 0.318. The number of hydrogen-bond donors (Lipinski definition) is 2. The lowest BCUT2D eigenvalue weighted by molar-refractivity contribution is -0.150. The molecule has 2 N–H and O–H groups in total. The number of ketones is 1. The lowest BCUT2D eigenvalue weighted by Gasteiger charge is -2.52. The van der Waals surface area contributed by atoms with E-state index in [9.17, 15) is 14.4 Å². The van der Waals surface area contributed by atoms with Crippen molar-refractivity contribution in [2.24, 2.45) is 11.3 Å². The van der Waals surface area contributed by atoms with Gasteiger partial charge in [0.1, 0.15) is 5.78 Å². The average Bonchev–Trinajstić information content (AvgIpc) is 2.62. The summed E-state index contributed by atoms with van der Waals surface area (Å²) in [6.07, 6.45) is 2.80. The molecule has 1 spiro atoms. The minimum atomic E-state index is -0.975. The summed E-state index contributed by atoms with van der Waals surface area (Å²) >= 11 is 0. The van der Waals surface area contributed by atoms with Gasteiger partial charge in [0.25, 0.3) is 0 Å². The van der Waals surface area contributed by atoms with Gasteiger partial charge in [-0.3, -0.25) is 9.59 Å². The predicted octanol–water partition coefficient (Wildman–Crippen LogP) is 3.35. The molecule has 2 fully saturated rings. The molecule has 2 aromatic carbocycles. The van der Waals surface area contributed by atoms with Crippen LogP contribution in [0.4, 0.5) is 0 Å². The highest BCUT2D eigenvalue weighted by atomic mass is 16.4. The van der Waals surface area contributed by atoms with Crippen molar-refractivity contribution in [1.82, 2.24) is 5.32 Å². The highest BCUT2D eigenvalue weighted by Crippen LogP contribution is 2.57. The molecule has 2 aliphatic carbocycles. The summed E-state index contributed by atoms with van der Waals surface area (Å²) in [7, 11) is 0. The van der Waals surface area contributed by atoms with E-state index in [1.165, 1.54) is 0 Å². The van der Waals surface area contributed by atoms with Gasteiger partial charge < -0.3 is 10.4 Å². The van der Waals surface area contributed by atoms with Gasteiger partial charge >= 0.3 is 5.97 Å². The van der Waals surface area contributed by atoms with Crippen LogP contribution in [0, 0.1) is 11.3 Å². The number of carboxylic acids is 1. The Labute approximate surface area is 157 Å². The van der Waals surface area contributed by atoms with E-state index < -0.39 is 5.97 Å². The van der Waals surface area contributed by atoms with E-state index in [1.807, 2.05) is 30.3 Å². The molecule has 0 aromatic heterocycles. The lowest BCUT2D eigenvalue weighted by Crippen LogP contribution is -2.52. The van der Waals surface area contributed by atoms with E-state index in [4.69, 9.17) is 5.11 Å². The second-order valence-electron chi connectivity index (χ2n) is 7.78. The number of carboxylic acid groups (broad SMARTS) is 1. The molecule has 1 atom stereocenters. The van der Waals surface area contributed by atoms with Crippen LogP contribution in [-0.2, 0) is 9.59 Å². The first kappa shape index (κ1) is 17.5. The number of amides is 1. The number of aromatic carboxylic acids is 1. The zero-order chi connectivity index (χ0) is 19.0. The summed E-state index contributed by atoms with van der Waals surface area (Å²) in [4.78, 5) is 35.1. The fourth-order valence-corrected chi connectivity index (χ4v) is 4.33.